The lowest BCUT2D eigenvalue weighted by Crippen LogP contribution is -2.55. The van der Waals surface area contributed by atoms with Gasteiger partial charge in [-0.05, 0) is 44.9 Å². The van der Waals surface area contributed by atoms with E-state index in [9.17, 15) is 19.5 Å². The van der Waals surface area contributed by atoms with Crippen LogP contribution in [0.2, 0.25) is 0 Å². The number of unbranched alkanes of at least 4 members (excludes halogenated alkanes) is 23. The fourth-order valence-corrected chi connectivity index (χ4v) is 6.75. The summed E-state index contributed by atoms with van der Waals surface area (Å²) in [6.45, 7) is 4.65. The molecule has 0 saturated heterocycles. The van der Waals surface area contributed by atoms with Gasteiger partial charge in [0.1, 0.15) is 12.6 Å². The highest BCUT2D eigenvalue weighted by molar-refractivity contribution is 5.70. The van der Waals surface area contributed by atoms with Crippen LogP contribution in [-0.4, -0.2) is 75.5 Å². The molecular formula is C47H87NO7. The van der Waals surface area contributed by atoms with Crippen molar-refractivity contribution in [2.45, 2.75) is 219 Å². The topological polar surface area (TPSA) is 102 Å². The van der Waals surface area contributed by atoms with Gasteiger partial charge < -0.3 is 28.6 Å². The smallest absolute Gasteiger partial charge is 0.306 e. The van der Waals surface area contributed by atoms with Crippen molar-refractivity contribution in [2.75, 3.05) is 41.0 Å². The Morgan fingerprint density at radius 1 is 0.545 bits per heavy atom. The molecule has 2 atom stereocenters. The number of likely N-dealkylation sites (N-methyl/N-ethyl adjacent to an activating group) is 1. The number of aliphatic carboxylic acids is 1. The zero-order valence-corrected chi connectivity index (χ0v) is 36.6. The molecule has 0 radical (unpaired) electrons. The average Bonchev–Trinajstić information content (AvgIpc) is 3.14. The van der Waals surface area contributed by atoms with E-state index in [1.165, 1.54) is 109 Å². The number of ether oxygens (including phenoxy) is 3. The summed E-state index contributed by atoms with van der Waals surface area (Å²) in [5.74, 6) is -1.74. The summed E-state index contributed by atoms with van der Waals surface area (Å²) in [6, 6.07) is -0.725. The molecule has 0 N–H and O–H groups in total. The number of hydrogen-bond acceptors (Lipinski definition) is 7. The number of hydrogen-bond donors (Lipinski definition) is 0. The number of nitrogens with zero attached hydrogens (tertiary/aromatic N) is 1. The number of quaternary nitrogens is 1. The van der Waals surface area contributed by atoms with Crippen LogP contribution in [0.25, 0.3) is 0 Å². The molecule has 0 spiro atoms. The molecule has 2 unspecified atom stereocenters. The maximum atomic E-state index is 12.7. The summed E-state index contributed by atoms with van der Waals surface area (Å²) in [6.07, 6.45) is 41.9. The van der Waals surface area contributed by atoms with Crippen molar-refractivity contribution in [1.29, 1.82) is 0 Å². The Morgan fingerprint density at radius 2 is 0.964 bits per heavy atom. The van der Waals surface area contributed by atoms with Gasteiger partial charge >= 0.3 is 11.9 Å². The van der Waals surface area contributed by atoms with Crippen LogP contribution in [-0.2, 0) is 28.6 Å². The van der Waals surface area contributed by atoms with E-state index in [1.807, 2.05) is 0 Å². The number of carbonyl (C=O) groups excluding carboxylic acids is 3. The lowest BCUT2D eigenvalue weighted by atomic mass is 10.0. The summed E-state index contributed by atoms with van der Waals surface area (Å²) >= 11 is 0. The number of carbonyl (C=O) groups is 3. The minimum Gasteiger partial charge on any atom is -0.544 e. The van der Waals surface area contributed by atoms with Gasteiger partial charge in [-0.15, -0.1) is 0 Å². The van der Waals surface area contributed by atoms with E-state index >= 15 is 0 Å². The van der Waals surface area contributed by atoms with Gasteiger partial charge in [-0.3, -0.25) is 9.59 Å². The van der Waals surface area contributed by atoms with Gasteiger partial charge in [-0.1, -0.05) is 167 Å². The van der Waals surface area contributed by atoms with Crippen molar-refractivity contribution in [2.24, 2.45) is 0 Å². The van der Waals surface area contributed by atoms with Crippen LogP contribution in [0.1, 0.15) is 206 Å². The van der Waals surface area contributed by atoms with Crippen LogP contribution in [0.4, 0.5) is 0 Å². The highest BCUT2D eigenvalue weighted by atomic mass is 16.6. The summed E-state index contributed by atoms with van der Waals surface area (Å²) in [7, 11) is 5.41. The fraction of sp³-hybridized carbons (Fsp3) is 0.851. The standard InChI is InChI=1S/C47H87NO7/c1-6-8-10-12-14-16-18-20-22-24-26-28-30-32-34-36-38-46(50)55-43(41-53-40-39-44(47(51)52)48(3,4)5)42-54-45(49)37-35-33-31-29-27-25-23-21-19-17-15-13-11-9-7-2/h16,18,22,24,43-44H,6-15,17,19-21,23,25-42H2,1-5H3/b18-16-,24-22-. The Labute approximate surface area is 339 Å². The molecule has 0 aliphatic carbocycles. The first-order valence-electron chi connectivity index (χ1n) is 22.9. The zero-order valence-electron chi connectivity index (χ0n) is 36.6. The maximum Gasteiger partial charge on any atom is 0.306 e. The number of carboxylic acid groups (broad SMARTS) is 1. The van der Waals surface area contributed by atoms with Crippen molar-refractivity contribution < 1.29 is 38.2 Å². The summed E-state index contributed by atoms with van der Waals surface area (Å²) in [5.41, 5.74) is 0. The summed E-state index contributed by atoms with van der Waals surface area (Å²) in [4.78, 5) is 36.9. The molecule has 0 fully saturated rings. The van der Waals surface area contributed by atoms with Crippen molar-refractivity contribution >= 4 is 17.9 Å². The highest BCUT2D eigenvalue weighted by Gasteiger charge is 2.25. The molecular weight excluding hydrogens is 691 g/mol. The van der Waals surface area contributed by atoms with Gasteiger partial charge in [-0.25, -0.2) is 0 Å². The van der Waals surface area contributed by atoms with Crippen molar-refractivity contribution in [3.63, 3.8) is 0 Å². The van der Waals surface area contributed by atoms with Crippen molar-refractivity contribution in [3.8, 4) is 0 Å². The number of rotatable bonds is 41. The molecule has 0 aliphatic heterocycles. The third kappa shape index (κ3) is 37.2. The van der Waals surface area contributed by atoms with Crippen LogP contribution in [0.5, 0.6) is 0 Å². The van der Waals surface area contributed by atoms with Crippen molar-refractivity contribution in [3.05, 3.63) is 24.3 Å². The fourth-order valence-electron chi connectivity index (χ4n) is 6.75. The van der Waals surface area contributed by atoms with Gasteiger partial charge in [0.2, 0.25) is 0 Å². The molecule has 0 rings (SSSR count). The average molecular weight is 778 g/mol. The third-order valence-electron chi connectivity index (χ3n) is 10.3. The first-order chi connectivity index (χ1) is 26.6. The van der Waals surface area contributed by atoms with Crippen LogP contribution in [0, 0.1) is 0 Å². The summed E-state index contributed by atoms with van der Waals surface area (Å²) in [5, 5.41) is 11.6. The minimum absolute atomic E-state index is 0.0388. The first-order valence-corrected chi connectivity index (χ1v) is 22.9. The molecule has 0 bridgehead atoms. The second-order valence-electron chi connectivity index (χ2n) is 16.6. The Kier molecular flexibility index (Phi) is 37.1. The number of esters is 2. The van der Waals surface area contributed by atoms with E-state index in [0.717, 1.165) is 64.2 Å². The Hall–Kier alpha value is -2.19. The Morgan fingerprint density at radius 3 is 1.42 bits per heavy atom. The van der Waals surface area contributed by atoms with E-state index in [-0.39, 0.29) is 42.7 Å². The third-order valence-corrected chi connectivity index (χ3v) is 10.3. The lowest BCUT2D eigenvalue weighted by Gasteiger charge is -2.34. The van der Waals surface area contributed by atoms with E-state index in [0.29, 0.717) is 12.8 Å². The second kappa shape index (κ2) is 38.7. The van der Waals surface area contributed by atoms with Gasteiger partial charge in [-0.2, -0.15) is 0 Å². The predicted molar refractivity (Wildman–Crippen MR) is 227 cm³/mol. The van der Waals surface area contributed by atoms with Gasteiger partial charge in [0, 0.05) is 19.3 Å². The quantitative estimate of drug-likeness (QED) is 0.0264. The second-order valence-corrected chi connectivity index (χ2v) is 16.6. The SMILES string of the molecule is CCCCCC/C=C\C/C=C\CCCCCCCC(=O)OC(COCCC(C(=O)[O-])[N+](C)(C)C)COC(=O)CCCCCCCCCCCCCCCCC. The largest absolute Gasteiger partial charge is 0.544 e. The molecule has 0 aromatic carbocycles. The van der Waals surface area contributed by atoms with Crippen molar-refractivity contribution in [1.82, 2.24) is 0 Å². The van der Waals surface area contributed by atoms with Crippen LogP contribution in [0.15, 0.2) is 24.3 Å². The molecule has 0 amide bonds. The lowest BCUT2D eigenvalue weighted by molar-refractivity contribution is -0.889. The highest BCUT2D eigenvalue weighted by Crippen LogP contribution is 2.15. The van der Waals surface area contributed by atoms with E-state index < -0.39 is 18.1 Å². The Bertz CT molecular complexity index is 957. The molecule has 0 saturated carbocycles. The first kappa shape index (κ1) is 52.8. The molecule has 0 aromatic rings. The van der Waals surface area contributed by atoms with Gasteiger partial charge in [0.15, 0.2) is 6.10 Å². The molecule has 8 nitrogen and oxygen atoms in total. The monoisotopic (exact) mass is 778 g/mol. The molecule has 0 heterocycles. The van der Waals surface area contributed by atoms with Gasteiger partial charge in [0.05, 0.1) is 40.3 Å². The predicted octanol–water partition coefficient (Wildman–Crippen LogP) is 11.1. The molecule has 322 valence electrons. The van der Waals surface area contributed by atoms with E-state index in [2.05, 4.69) is 38.2 Å². The summed E-state index contributed by atoms with van der Waals surface area (Å²) < 4.78 is 17.2. The van der Waals surface area contributed by atoms with E-state index in [4.69, 9.17) is 14.2 Å². The molecule has 0 aliphatic rings. The normalized spacial score (nSPS) is 13.1. The van der Waals surface area contributed by atoms with Crippen LogP contribution >= 0.6 is 0 Å². The number of allylic oxidation sites excluding steroid dienone is 4. The molecule has 55 heavy (non-hydrogen) atoms. The zero-order chi connectivity index (χ0) is 40.7. The Balaban J connectivity index is 4.33. The minimum atomic E-state index is -1.13. The maximum absolute atomic E-state index is 12.7. The van der Waals surface area contributed by atoms with Gasteiger partial charge in [0.25, 0.3) is 0 Å². The van der Waals surface area contributed by atoms with E-state index in [1.54, 1.807) is 21.1 Å². The molecule has 0 aromatic heterocycles. The van der Waals surface area contributed by atoms with Crippen LogP contribution in [0.3, 0.4) is 0 Å². The van der Waals surface area contributed by atoms with Crippen LogP contribution < -0.4 is 5.11 Å². The number of carboxylic acids is 1. The molecule has 8 heteroatoms.